The number of carbonyl (C=O) groups is 4. The molecule has 0 bridgehead atoms. The Morgan fingerprint density at radius 3 is 2.21 bits per heavy atom. The third-order valence-electron chi connectivity index (χ3n) is 6.40. The average Bonchev–Trinajstić information content (AvgIpc) is 3.32. The van der Waals surface area contributed by atoms with E-state index >= 15 is 0 Å². The molecule has 200 valence electrons. The summed E-state index contributed by atoms with van der Waals surface area (Å²) in [5.74, 6) is 1.15. The topological polar surface area (TPSA) is 108 Å². The molecule has 1 N–H and O–H groups in total. The van der Waals surface area contributed by atoms with E-state index in [-0.39, 0.29) is 36.2 Å². The number of ketones is 1. The van der Waals surface area contributed by atoms with E-state index in [9.17, 15) is 19.2 Å². The SMILES string of the molecule is CC(=O)Oc1c(C)c(C)c(OC(C)=O)c(CCCOc2ccc(CC3SCNC3C(=O)C=O)cc2)c1C.[H-].[Na+]. The zero-order chi connectivity index (χ0) is 27.1. The van der Waals surface area contributed by atoms with Crippen molar-refractivity contribution in [1.82, 2.24) is 5.32 Å². The van der Waals surface area contributed by atoms with Gasteiger partial charge in [0.25, 0.3) is 0 Å². The van der Waals surface area contributed by atoms with E-state index in [0.29, 0.717) is 49.5 Å². The van der Waals surface area contributed by atoms with Crippen LogP contribution in [0.25, 0.3) is 0 Å². The molecule has 1 fully saturated rings. The molecule has 38 heavy (non-hydrogen) atoms. The monoisotopic (exact) mass is 551 g/mol. The quantitative estimate of drug-likeness (QED) is 0.109. The number of rotatable bonds is 11. The van der Waals surface area contributed by atoms with Crippen LogP contribution >= 0.6 is 11.8 Å². The van der Waals surface area contributed by atoms with Crippen molar-refractivity contribution in [3.8, 4) is 17.2 Å². The van der Waals surface area contributed by atoms with Crippen molar-refractivity contribution < 1.29 is 64.4 Å². The van der Waals surface area contributed by atoms with Crippen LogP contribution in [0, 0.1) is 20.8 Å². The molecule has 0 spiro atoms. The number of benzene rings is 2. The predicted octanol–water partition coefficient (Wildman–Crippen LogP) is 0.932. The maximum Gasteiger partial charge on any atom is 1.00 e. The number of hydrogen-bond acceptors (Lipinski definition) is 9. The van der Waals surface area contributed by atoms with E-state index in [1.807, 2.05) is 45.0 Å². The summed E-state index contributed by atoms with van der Waals surface area (Å²) in [5, 5.41) is 3.10. The summed E-state index contributed by atoms with van der Waals surface area (Å²) in [7, 11) is 0. The molecule has 1 aliphatic heterocycles. The molecule has 2 atom stereocenters. The minimum Gasteiger partial charge on any atom is -1.00 e. The zero-order valence-electron chi connectivity index (χ0n) is 23.8. The maximum absolute atomic E-state index is 11.8. The molecule has 0 saturated carbocycles. The van der Waals surface area contributed by atoms with Gasteiger partial charge in [0.1, 0.15) is 17.2 Å². The van der Waals surface area contributed by atoms with Crippen LogP contribution in [0.5, 0.6) is 17.2 Å². The maximum atomic E-state index is 11.8. The summed E-state index contributed by atoms with van der Waals surface area (Å²) in [6.07, 6.45) is 2.29. The van der Waals surface area contributed by atoms with E-state index in [4.69, 9.17) is 14.2 Å². The summed E-state index contributed by atoms with van der Waals surface area (Å²) >= 11 is 1.64. The van der Waals surface area contributed by atoms with Crippen LogP contribution in [-0.4, -0.2) is 47.8 Å². The molecule has 2 aromatic carbocycles. The average molecular weight is 552 g/mol. The van der Waals surface area contributed by atoms with Crippen LogP contribution in [0.15, 0.2) is 24.3 Å². The largest absolute Gasteiger partial charge is 1.00 e. The minimum absolute atomic E-state index is 0. The standard InChI is InChI=1S/C28H33NO7S.Na.H/c1-16-17(2)28(36-20(5)32)23(18(3)27(16)35-19(4)31)7-6-12-34-22-10-8-21(9-11-22)13-25-26(24(33)14-30)29-15-37-25;;/h8-11,14,25-26,29H,6-7,12-13,15H2,1-5H3;;/q;+1;-1. The number of carbonyl (C=O) groups excluding carboxylic acids is 4. The first-order valence-electron chi connectivity index (χ1n) is 12.2. The van der Waals surface area contributed by atoms with Crippen molar-refractivity contribution >= 4 is 35.8 Å². The number of Topliss-reactive ketones (excluding diaryl/α,β-unsaturated/α-hetero) is 1. The molecule has 0 radical (unpaired) electrons. The number of thioether (sulfide) groups is 1. The Morgan fingerprint density at radius 1 is 1.00 bits per heavy atom. The number of aldehydes is 1. The van der Waals surface area contributed by atoms with Gasteiger partial charge in [-0.15, -0.1) is 11.8 Å². The van der Waals surface area contributed by atoms with Gasteiger partial charge >= 0.3 is 41.5 Å². The van der Waals surface area contributed by atoms with Crippen molar-refractivity contribution in [3.05, 3.63) is 52.1 Å². The second-order valence-corrected chi connectivity index (χ2v) is 10.3. The Bertz CT molecular complexity index is 1190. The number of nitrogens with one attached hydrogen (secondary N) is 1. The Hall–Kier alpha value is -2.17. The fourth-order valence-corrected chi connectivity index (χ4v) is 5.66. The molecule has 0 aromatic heterocycles. The van der Waals surface area contributed by atoms with Crippen LogP contribution in [0.1, 0.15) is 49.5 Å². The van der Waals surface area contributed by atoms with Gasteiger partial charge in [-0.1, -0.05) is 12.1 Å². The number of esters is 2. The van der Waals surface area contributed by atoms with E-state index in [0.717, 1.165) is 33.6 Å². The molecular formula is C28H34NNaO7S. The molecule has 8 nitrogen and oxygen atoms in total. The van der Waals surface area contributed by atoms with Gasteiger partial charge in [-0.25, -0.2) is 0 Å². The van der Waals surface area contributed by atoms with Crippen LogP contribution in [-0.2, 0) is 32.0 Å². The summed E-state index contributed by atoms with van der Waals surface area (Å²) in [6, 6.07) is 7.28. The van der Waals surface area contributed by atoms with Gasteiger partial charge in [0.15, 0.2) is 6.29 Å². The van der Waals surface area contributed by atoms with Gasteiger partial charge in [-0.05, 0) is 74.4 Å². The fourth-order valence-electron chi connectivity index (χ4n) is 4.43. The van der Waals surface area contributed by atoms with Gasteiger partial charge in [-0.3, -0.25) is 24.5 Å². The van der Waals surface area contributed by atoms with Crippen molar-refractivity contribution in [2.45, 2.75) is 65.2 Å². The molecule has 0 amide bonds. The van der Waals surface area contributed by atoms with Crippen LogP contribution in [0.2, 0.25) is 0 Å². The Morgan fingerprint density at radius 2 is 1.61 bits per heavy atom. The summed E-state index contributed by atoms with van der Waals surface area (Å²) < 4.78 is 16.9. The molecular weight excluding hydrogens is 517 g/mol. The van der Waals surface area contributed by atoms with Crippen LogP contribution in [0.3, 0.4) is 0 Å². The first kappa shape index (κ1) is 32.0. The molecule has 1 aliphatic rings. The molecule has 10 heteroatoms. The first-order valence-corrected chi connectivity index (χ1v) is 13.2. The van der Waals surface area contributed by atoms with Crippen molar-refractivity contribution in [3.63, 3.8) is 0 Å². The number of hydrogen-bond donors (Lipinski definition) is 1. The Balaban J connectivity index is 0.00000380. The molecule has 0 aliphatic carbocycles. The summed E-state index contributed by atoms with van der Waals surface area (Å²) in [6.45, 7) is 8.71. The van der Waals surface area contributed by atoms with Gasteiger partial charge in [-0.2, -0.15) is 0 Å². The van der Waals surface area contributed by atoms with Crippen molar-refractivity contribution in [2.24, 2.45) is 0 Å². The van der Waals surface area contributed by atoms with Crippen LogP contribution in [0.4, 0.5) is 0 Å². The molecule has 2 aromatic rings. The second-order valence-electron chi connectivity index (χ2n) is 9.05. The van der Waals surface area contributed by atoms with Gasteiger partial charge in [0.2, 0.25) is 5.78 Å². The Labute approximate surface area is 251 Å². The molecule has 3 rings (SSSR count). The third-order valence-corrected chi connectivity index (χ3v) is 7.60. The van der Waals surface area contributed by atoms with E-state index in [2.05, 4.69) is 5.32 Å². The van der Waals surface area contributed by atoms with E-state index in [1.165, 1.54) is 13.8 Å². The summed E-state index contributed by atoms with van der Waals surface area (Å²) in [4.78, 5) is 46.1. The molecule has 1 saturated heterocycles. The van der Waals surface area contributed by atoms with Crippen molar-refractivity contribution in [2.75, 3.05) is 12.5 Å². The second kappa shape index (κ2) is 14.8. The molecule has 2 unspecified atom stereocenters. The van der Waals surface area contributed by atoms with Crippen LogP contribution < -0.4 is 49.1 Å². The third kappa shape index (κ3) is 8.16. The Kier molecular flexibility index (Phi) is 12.5. The normalized spacial score (nSPS) is 16.3. The van der Waals surface area contributed by atoms with Gasteiger partial charge < -0.3 is 15.6 Å². The minimum atomic E-state index is -0.439. The van der Waals surface area contributed by atoms with Gasteiger partial charge in [0, 0.05) is 30.5 Å². The zero-order valence-corrected chi connectivity index (χ0v) is 25.7. The smallest absolute Gasteiger partial charge is 1.00 e. The van der Waals surface area contributed by atoms with Crippen molar-refractivity contribution in [1.29, 1.82) is 0 Å². The predicted molar refractivity (Wildman–Crippen MR) is 143 cm³/mol. The fraction of sp³-hybridized carbons (Fsp3) is 0.429. The molecule has 1 heterocycles. The van der Waals surface area contributed by atoms with Gasteiger partial charge in [0.05, 0.1) is 12.6 Å². The van der Waals surface area contributed by atoms with E-state index in [1.54, 1.807) is 11.8 Å². The summed E-state index contributed by atoms with van der Waals surface area (Å²) in [5.41, 5.74) is 4.17. The first-order chi connectivity index (χ1) is 17.6. The number of ether oxygens (including phenoxy) is 3. The van der Waals surface area contributed by atoms with E-state index < -0.39 is 23.8 Å².